The number of aliphatic imine (C=N–C) groups is 1. The zero-order chi connectivity index (χ0) is 29.6. The minimum absolute atomic E-state index is 0.0129. The first kappa shape index (κ1) is 39.0. The number of carbonyl (C=O) groups is 3. The van der Waals surface area contributed by atoms with E-state index in [1.807, 2.05) is 0 Å². The summed E-state index contributed by atoms with van der Waals surface area (Å²) in [5, 5.41) is 8.38. The molecule has 9 heteroatoms. The van der Waals surface area contributed by atoms with Gasteiger partial charge in [-0.3, -0.25) is 19.4 Å². The molecule has 0 aliphatic heterocycles. The summed E-state index contributed by atoms with van der Waals surface area (Å²) in [5.74, 6) is -1.66. The van der Waals surface area contributed by atoms with Gasteiger partial charge in [0.15, 0.2) is 5.96 Å². The maximum Gasteiger partial charge on any atom is 0.320 e. The first-order valence-corrected chi connectivity index (χ1v) is 15.5. The molecule has 1 atom stereocenters. The molecule has 1 unspecified atom stereocenters. The molecule has 0 aromatic heterocycles. The largest absolute Gasteiger partial charge is 0.480 e. The van der Waals surface area contributed by atoms with E-state index in [2.05, 4.69) is 18.8 Å². The minimum atomic E-state index is -1.00. The van der Waals surface area contributed by atoms with E-state index in [0.29, 0.717) is 32.2 Å². The maximum absolute atomic E-state index is 11.7. The van der Waals surface area contributed by atoms with Gasteiger partial charge in [0.05, 0.1) is 0 Å². The van der Waals surface area contributed by atoms with Crippen molar-refractivity contribution in [3.05, 3.63) is 0 Å². The van der Waals surface area contributed by atoms with Gasteiger partial charge in [-0.2, -0.15) is 0 Å². The fraction of sp³-hybridized carbons (Fsp3) is 0.867. The van der Waals surface area contributed by atoms with Crippen LogP contribution in [0.4, 0.5) is 0 Å². The number of nitrogens with zero attached hydrogens (tertiary/aromatic N) is 1. The highest BCUT2D eigenvalue weighted by Crippen LogP contribution is 2.12. The van der Waals surface area contributed by atoms with Crippen LogP contribution in [0, 0.1) is 0 Å². The summed E-state index contributed by atoms with van der Waals surface area (Å²) in [7, 11) is 0. The number of hydrogen-bond acceptors (Lipinski definition) is 6. The molecule has 0 amide bonds. The van der Waals surface area contributed by atoms with Crippen molar-refractivity contribution in [2.45, 2.75) is 161 Å². The molecule has 0 aromatic rings. The molecule has 0 saturated heterocycles. The van der Waals surface area contributed by atoms with E-state index >= 15 is 0 Å². The van der Waals surface area contributed by atoms with Crippen LogP contribution < -0.4 is 17.2 Å². The summed E-state index contributed by atoms with van der Waals surface area (Å²) >= 11 is 0. The zero-order valence-corrected chi connectivity index (χ0v) is 25.1. The normalized spacial score (nSPS) is 11.3. The van der Waals surface area contributed by atoms with E-state index in [4.69, 9.17) is 27.0 Å². The van der Waals surface area contributed by atoms with Gasteiger partial charge in [0, 0.05) is 19.4 Å². The third-order valence-electron chi connectivity index (χ3n) is 6.48. The van der Waals surface area contributed by atoms with Crippen LogP contribution in [0.1, 0.15) is 155 Å². The topological polar surface area (TPSA) is 171 Å². The Hall–Kier alpha value is -2.16. The molecule has 0 radical (unpaired) electrons. The summed E-state index contributed by atoms with van der Waals surface area (Å²) in [6.07, 6.45) is 23.7. The second kappa shape index (κ2) is 30.4. The molecule has 230 valence electrons. The number of guanidine groups is 1. The Morgan fingerprint density at radius 1 is 0.641 bits per heavy atom. The molecule has 9 nitrogen and oxygen atoms in total. The minimum Gasteiger partial charge on any atom is -0.480 e. The van der Waals surface area contributed by atoms with Crippen LogP contribution in [0.5, 0.6) is 0 Å². The number of unbranched alkanes of at least 4 members (excludes halogenated alkanes) is 16. The molecule has 0 aliphatic carbocycles. The second-order valence-electron chi connectivity index (χ2n) is 10.4. The lowest BCUT2D eigenvalue weighted by atomic mass is 10.1. The highest BCUT2D eigenvalue weighted by Gasteiger charge is 2.10. The van der Waals surface area contributed by atoms with Crippen LogP contribution in [0.25, 0.3) is 0 Å². The Labute approximate surface area is 238 Å². The van der Waals surface area contributed by atoms with Crippen molar-refractivity contribution in [3.8, 4) is 0 Å². The van der Waals surface area contributed by atoms with Crippen molar-refractivity contribution >= 4 is 23.9 Å². The van der Waals surface area contributed by atoms with Gasteiger partial charge in [-0.1, -0.05) is 117 Å². The lowest BCUT2D eigenvalue weighted by molar-refractivity contribution is -0.159. The molecule has 0 aliphatic rings. The smallest absolute Gasteiger partial charge is 0.320 e. The third-order valence-corrected chi connectivity index (χ3v) is 6.48. The Balaban J connectivity index is 0. The molecule has 0 aromatic carbocycles. The maximum atomic E-state index is 11.7. The summed E-state index contributed by atoms with van der Waals surface area (Å²) < 4.78 is 4.92. The summed E-state index contributed by atoms with van der Waals surface area (Å²) in [6.45, 7) is 4.89. The highest BCUT2D eigenvalue weighted by atomic mass is 16.6. The Morgan fingerprint density at radius 2 is 1.00 bits per heavy atom. The number of carbonyl (C=O) groups excluding carboxylic acids is 2. The number of esters is 2. The Bertz CT molecular complexity index is 592. The van der Waals surface area contributed by atoms with Crippen molar-refractivity contribution in [1.29, 1.82) is 0 Å². The number of aliphatic carboxylic acids is 1. The van der Waals surface area contributed by atoms with Crippen molar-refractivity contribution in [3.63, 3.8) is 0 Å². The SMILES string of the molecule is CCCCCCCCCCCC(=O)OC(=O)CCCCCCCCCCC.NC(N)=NCCCC(N)C(=O)O. The Kier molecular flexibility index (Phi) is 30.4. The first-order valence-electron chi connectivity index (χ1n) is 15.5. The van der Waals surface area contributed by atoms with Crippen molar-refractivity contribution in [1.82, 2.24) is 0 Å². The van der Waals surface area contributed by atoms with Gasteiger partial charge >= 0.3 is 17.9 Å². The molecule has 0 heterocycles. The van der Waals surface area contributed by atoms with Gasteiger partial charge in [0.1, 0.15) is 6.04 Å². The molecule has 0 saturated carbocycles. The van der Waals surface area contributed by atoms with Gasteiger partial charge in [-0.15, -0.1) is 0 Å². The van der Waals surface area contributed by atoms with Gasteiger partial charge in [-0.05, 0) is 25.7 Å². The Morgan fingerprint density at radius 3 is 1.33 bits per heavy atom. The number of carboxylic acid groups (broad SMARTS) is 1. The third kappa shape index (κ3) is 33.8. The molecule has 39 heavy (non-hydrogen) atoms. The van der Waals surface area contributed by atoms with Crippen LogP contribution in [-0.4, -0.2) is 41.6 Å². The summed E-state index contributed by atoms with van der Waals surface area (Å²) in [5.41, 5.74) is 15.3. The number of rotatable bonds is 25. The summed E-state index contributed by atoms with van der Waals surface area (Å²) in [4.78, 5) is 37.3. The zero-order valence-electron chi connectivity index (χ0n) is 25.1. The van der Waals surface area contributed by atoms with E-state index in [-0.39, 0.29) is 17.9 Å². The van der Waals surface area contributed by atoms with Crippen LogP contribution in [0.15, 0.2) is 4.99 Å². The number of nitrogens with two attached hydrogens (primary N) is 3. The van der Waals surface area contributed by atoms with Gasteiger partial charge in [-0.25, -0.2) is 0 Å². The predicted octanol–water partition coefficient (Wildman–Crippen LogP) is 6.35. The predicted molar refractivity (Wildman–Crippen MR) is 160 cm³/mol. The number of ether oxygens (including phenoxy) is 1. The molecular formula is C30H60N4O5. The molecule has 0 fully saturated rings. The van der Waals surface area contributed by atoms with E-state index in [0.717, 1.165) is 25.7 Å². The molecular weight excluding hydrogens is 496 g/mol. The van der Waals surface area contributed by atoms with Crippen LogP contribution >= 0.6 is 0 Å². The monoisotopic (exact) mass is 556 g/mol. The number of hydrogen-bond donors (Lipinski definition) is 4. The average molecular weight is 557 g/mol. The van der Waals surface area contributed by atoms with Crippen LogP contribution in [0.2, 0.25) is 0 Å². The quantitative estimate of drug-likeness (QED) is 0.0331. The fourth-order valence-corrected chi connectivity index (χ4v) is 4.03. The van der Waals surface area contributed by atoms with E-state index < -0.39 is 12.0 Å². The molecule has 0 bridgehead atoms. The van der Waals surface area contributed by atoms with Gasteiger partial charge < -0.3 is 27.0 Å². The highest BCUT2D eigenvalue weighted by molar-refractivity contribution is 5.85. The van der Waals surface area contributed by atoms with Crippen molar-refractivity contribution in [2.75, 3.05) is 6.54 Å². The molecule has 0 rings (SSSR count). The van der Waals surface area contributed by atoms with Crippen molar-refractivity contribution < 1.29 is 24.2 Å². The lowest BCUT2D eigenvalue weighted by Crippen LogP contribution is -2.30. The summed E-state index contributed by atoms with van der Waals surface area (Å²) in [6, 6.07) is -0.820. The van der Waals surface area contributed by atoms with Crippen LogP contribution in [0.3, 0.4) is 0 Å². The second-order valence-corrected chi connectivity index (χ2v) is 10.4. The van der Waals surface area contributed by atoms with Crippen molar-refractivity contribution in [2.24, 2.45) is 22.2 Å². The molecule has 7 N–H and O–H groups in total. The molecule has 0 spiro atoms. The first-order chi connectivity index (χ1) is 18.7. The average Bonchev–Trinajstić information content (AvgIpc) is 2.89. The lowest BCUT2D eigenvalue weighted by Gasteiger charge is -2.04. The van der Waals surface area contributed by atoms with E-state index in [1.165, 1.54) is 89.9 Å². The van der Waals surface area contributed by atoms with E-state index in [9.17, 15) is 14.4 Å². The van der Waals surface area contributed by atoms with Gasteiger partial charge in [0.2, 0.25) is 0 Å². The van der Waals surface area contributed by atoms with Gasteiger partial charge in [0.25, 0.3) is 0 Å². The van der Waals surface area contributed by atoms with E-state index in [1.54, 1.807) is 0 Å². The van der Waals surface area contributed by atoms with Crippen LogP contribution in [-0.2, 0) is 19.1 Å². The standard InChI is InChI=1S/C24H46O3.C6H14N4O2/c1-3-5-7-9-11-13-15-17-19-21-23(25)27-24(26)22-20-18-16-14-12-10-8-6-4-2;7-4(5(11)12)2-1-3-10-6(8)9/h3-22H2,1-2H3;4H,1-3,7H2,(H,11,12)(H4,8,9,10). The fourth-order valence-electron chi connectivity index (χ4n) is 4.03. The number of carboxylic acids is 1.